The van der Waals surface area contributed by atoms with Crippen molar-refractivity contribution in [1.29, 1.82) is 0 Å². The van der Waals surface area contributed by atoms with E-state index in [1.54, 1.807) is 0 Å². The van der Waals surface area contributed by atoms with Gasteiger partial charge in [0, 0.05) is 5.69 Å². The number of hydrogen-bond acceptors (Lipinski definition) is 5. The van der Waals surface area contributed by atoms with Crippen LogP contribution in [0.4, 0.5) is 10.1 Å². The van der Waals surface area contributed by atoms with E-state index in [0.29, 0.717) is 0 Å². The number of ether oxygens (including phenoxy) is 2. The summed E-state index contributed by atoms with van der Waals surface area (Å²) in [6.45, 7) is 0. The second-order valence-corrected chi connectivity index (χ2v) is 6.16. The van der Waals surface area contributed by atoms with Gasteiger partial charge in [-0.05, 0) is 36.4 Å². The molecule has 0 bridgehead atoms. The average Bonchev–Trinajstić information content (AvgIpc) is 2.53. The highest BCUT2D eigenvalue weighted by molar-refractivity contribution is 7.92. The molecule has 6 nitrogen and oxygen atoms in total. The summed E-state index contributed by atoms with van der Waals surface area (Å²) in [5.74, 6) is -1.45. The fraction of sp³-hybridized carbons (Fsp3) is 0.133. The van der Waals surface area contributed by atoms with Gasteiger partial charge < -0.3 is 9.47 Å². The zero-order chi connectivity index (χ0) is 17.0. The average molecular weight is 339 g/mol. The summed E-state index contributed by atoms with van der Waals surface area (Å²) < 4.78 is 49.8. The van der Waals surface area contributed by atoms with Crippen LogP contribution in [0.1, 0.15) is 10.4 Å². The number of hydrogen-bond donors (Lipinski definition) is 1. The van der Waals surface area contributed by atoms with Crippen LogP contribution in [-0.2, 0) is 14.8 Å². The van der Waals surface area contributed by atoms with Gasteiger partial charge >= 0.3 is 5.97 Å². The predicted molar refractivity (Wildman–Crippen MR) is 81.5 cm³/mol. The van der Waals surface area contributed by atoms with Gasteiger partial charge in [0.25, 0.3) is 10.0 Å². The van der Waals surface area contributed by atoms with E-state index in [1.807, 2.05) is 0 Å². The smallest absolute Gasteiger partial charge is 0.337 e. The molecule has 0 aliphatic rings. The van der Waals surface area contributed by atoms with Gasteiger partial charge in [-0.15, -0.1) is 0 Å². The van der Waals surface area contributed by atoms with Crippen molar-refractivity contribution in [2.24, 2.45) is 0 Å². The summed E-state index contributed by atoms with van der Waals surface area (Å²) >= 11 is 0. The summed E-state index contributed by atoms with van der Waals surface area (Å²) in [6.07, 6.45) is 0. The summed E-state index contributed by atoms with van der Waals surface area (Å²) in [7, 11) is -1.51. The molecule has 0 amide bonds. The molecule has 2 rings (SSSR count). The maximum absolute atomic E-state index is 13.7. The minimum absolute atomic E-state index is 0.0587. The maximum atomic E-state index is 13.7. The molecule has 8 heteroatoms. The van der Waals surface area contributed by atoms with E-state index < -0.39 is 21.8 Å². The highest BCUT2D eigenvalue weighted by atomic mass is 32.2. The van der Waals surface area contributed by atoms with Crippen molar-refractivity contribution in [2.45, 2.75) is 4.90 Å². The number of sulfonamides is 1. The van der Waals surface area contributed by atoms with Crippen LogP contribution in [0.5, 0.6) is 5.75 Å². The van der Waals surface area contributed by atoms with E-state index in [0.717, 1.165) is 6.07 Å². The summed E-state index contributed by atoms with van der Waals surface area (Å²) in [6, 6.07) is 9.05. The molecule has 0 atom stereocenters. The Bertz CT molecular complexity index is 836. The van der Waals surface area contributed by atoms with E-state index in [4.69, 9.17) is 4.74 Å². The SMILES string of the molecule is COC(=O)c1cccc(NS(=O)(=O)c2ccc(OC)c(F)c2)c1. The molecular weight excluding hydrogens is 325 g/mol. The lowest BCUT2D eigenvalue weighted by molar-refractivity contribution is 0.0601. The third-order valence-corrected chi connectivity index (χ3v) is 4.35. The number of anilines is 1. The number of carbonyl (C=O) groups is 1. The van der Waals surface area contributed by atoms with Crippen LogP contribution in [0.2, 0.25) is 0 Å². The summed E-state index contributed by atoms with van der Waals surface area (Å²) in [5, 5.41) is 0. The highest BCUT2D eigenvalue weighted by Gasteiger charge is 2.17. The minimum atomic E-state index is -4.01. The molecule has 0 fully saturated rings. The van der Waals surface area contributed by atoms with Gasteiger partial charge in [-0.25, -0.2) is 17.6 Å². The molecule has 23 heavy (non-hydrogen) atoms. The molecule has 0 saturated heterocycles. The van der Waals surface area contributed by atoms with Crippen LogP contribution >= 0.6 is 0 Å². The van der Waals surface area contributed by atoms with Crippen LogP contribution in [0.3, 0.4) is 0 Å². The molecular formula is C15H14FNO5S. The molecule has 2 aromatic carbocycles. The van der Waals surface area contributed by atoms with Crippen LogP contribution in [-0.4, -0.2) is 28.6 Å². The van der Waals surface area contributed by atoms with Crippen molar-refractivity contribution in [3.63, 3.8) is 0 Å². The normalized spacial score (nSPS) is 10.9. The number of benzene rings is 2. The van der Waals surface area contributed by atoms with Gasteiger partial charge in [0.05, 0.1) is 24.7 Å². The van der Waals surface area contributed by atoms with Crippen molar-refractivity contribution >= 4 is 21.7 Å². The second kappa shape index (κ2) is 6.66. The van der Waals surface area contributed by atoms with Crippen LogP contribution in [0.25, 0.3) is 0 Å². The molecule has 0 aliphatic heterocycles. The maximum Gasteiger partial charge on any atom is 0.337 e. The van der Waals surface area contributed by atoms with Crippen LogP contribution in [0.15, 0.2) is 47.4 Å². The zero-order valence-corrected chi connectivity index (χ0v) is 13.2. The molecule has 122 valence electrons. The first-order valence-electron chi connectivity index (χ1n) is 6.42. The number of rotatable bonds is 5. The molecule has 1 N–H and O–H groups in total. The van der Waals surface area contributed by atoms with Crippen molar-refractivity contribution in [3.05, 3.63) is 53.8 Å². The summed E-state index contributed by atoms with van der Waals surface area (Å²) in [5.41, 5.74) is 0.345. The lowest BCUT2D eigenvalue weighted by Gasteiger charge is -2.10. The Labute approximate surface area is 132 Å². The summed E-state index contributed by atoms with van der Waals surface area (Å²) in [4.78, 5) is 11.2. The van der Waals surface area contributed by atoms with E-state index in [1.165, 1.54) is 50.6 Å². The fourth-order valence-electron chi connectivity index (χ4n) is 1.86. The lowest BCUT2D eigenvalue weighted by atomic mass is 10.2. The van der Waals surface area contributed by atoms with E-state index in [9.17, 15) is 17.6 Å². The molecule has 0 heterocycles. The van der Waals surface area contributed by atoms with Crippen molar-refractivity contribution in [1.82, 2.24) is 0 Å². The number of carbonyl (C=O) groups excluding carboxylic acids is 1. The molecule has 0 radical (unpaired) electrons. The Morgan fingerprint density at radius 2 is 1.87 bits per heavy atom. The van der Waals surface area contributed by atoms with Crippen molar-refractivity contribution < 1.29 is 27.1 Å². The Kier molecular flexibility index (Phi) is 4.85. The molecule has 0 saturated carbocycles. The molecule has 0 aromatic heterocycles. The van der Waals surface area contributed by atoms with E-state index in [2.05, 4.69) is 9.46 Å². The largest absolute Gasteiger partial charge is 0.494 e. The number of nitrogens with one attached hydrogen (secondary N) is 1. The third-order valence-electron chi connectivity index (χ3n) is 2.97. The van der Waals surface area contributed by atoms with Crippen molar-refractivity contribution in [2.75, 3.05) is 18.9 Å². The lowest BCUT2D eigenvalue weighted by Crippen LogP contribution is -2.14. The Morgan fingerprint density at radius 1 is 1.13 bits per heavy atom. The number of methoxy groups -OCH3 is 2. The van der Waals surface area contributed by atoms with E-state index >= 15 is 0 Å². The quantitative estimate of drug-likeness (QED) is 0.846. The Morgan fingerprint density at radius 3 is 2.48 bits per heavy atom. The molecule has 0 spiro atoms. The number of esters is 1. The zero-order valence-electron chi connectivity index (χ0n) is 12.4. The topological polar surface area (TPSA) is 81.7 Å². The first kappa shape index (κ1) is 16.8. The first-order chi connectivity index (χ1) is 10.9. The Balaban J connectivity index is 2.31. The van der Waals surface area contributed by atoms with Crippen LogP contribution in [0, 0.1) is 5.82 Å². The second-order valence-electron chi connectivity index (χ2n) is 4.47. The van der Waals surface area contributed by atoms with Gasteiger partial charge in [0.1, 0.15) is 0 Å². The minimum Gasteiger partial charge on any atom is -0.494 e. The van der Waals surface area contributed by atoms with Gasteiger partial charge in [-0.3, -0.25) is 4.72 Å². The van der Waals surface area contributed by atoms with Gasteiger partial charge in [0.2, 0.25) is 0 Å². The molecule has 0 unspecified atom stereocenters. The highest BCUT2D eigenvalue weighted by Crippen LogP contribution is 2.23. The fourth-order valence-corrected chi connectivity index (χ4v) is 2.92. The van der Waals surface area contributed by atoms with E-state index in [-0.39, 0.29) is 21.9 Å². The third kappa shape index (κ3) is 3.78. The van der Waals surface area contributed by atoms with Gasteiger partial charge in [-0.1, -0.05) is 6.07 Å². The van der Waals surface area contributed by atoms with Crippen molar-refractivity contribution in [3.8, 4) is 5.75 Å². The van der Waals surface area contributed by atoms with Gasteiger partial charge in [-0.2, -0.15) is 0 Å². The predicted octanol–water partition coefficient (Wildman–Crippen LogP) is 2.42. The first-order valence-corrected chi connectivity index (χ1v) is 7.90. The molecule has 2 aromatic rings. The monoisotopic (exact) mass is 339 g/mol. The Hall–Kier alpha value is -2.61. The van der Waals surface area contributed by atoms with Gasteiger partial charge in [0.15, 0.2) is 11.6 Å². The standard InChI is InChI=1S/C15H14FNO5S/c1-21-14-7-6-12(9-13(14)16)23(19,20)17-11-5-3-4-10(8-11)15(18)22-2/h3-9,17H,1-2H3. The molecule has 0 aliphatic carbocycles. The van der Waals surface area contributed by atoms with Crippen LogP contribution < -0.4 is 9.46 Å². The number of halogens is 1.